The number of carbonyl (C=O) groups is 2. The van der Waals surface area contributed by atoms with Gasteiger partial charge in [0, 0.05) is 28.9 Å². The summed E-state index contributed by atoms with van der Waals surface area (Å²) in [6.45, 7) is 6.64. The summed E-state index contributed by atoms with van der Waals surface area (Å²) in [4.78, 5) is 25.5. The van der Waals surface area contributed by atoms with E-state index in [1.54, 1.807) is 33.8 Å². The number of carbonyl (C=O) groups excluding carboxylic acids is 1. The summed E-state index contributed by atoms with van der Waals surface area (Å²) in [7, 11) is -3.88. The molecule has 0 radical (unpaired) electrons. The Kier molecular flexibility index (Phi) is 6.33. The SMILES string of the molecule is CC1=C(C(=O)O)C(c2cccc3ccccc23)C(C(=O)CS(=O)(=O)NC(C)C)=C(C)N1. The van der Waals surface area contributed by atoms with Crippen molar-refractivity contribution in [2.24, 2.45) is 0 Å². The highest BCUT2D eigenvalue weighted by Gasteiger charge is 2.38. The molecule has 31 heavy (non-hydrogen) atoms. The maximum atomic E-state index is 13.3. The van der Waals surface area contributed by atoms with Crippen molar-refractivity contribution in [3.63, 3.8) is 0 Å². The quantitative estimate of drug-likeness (QED) is 0.608. The van der Waals surface area contributed by atoms with Gasteiger partial charge in [0.25, 0.3) is 0 Å². The molecule has 0 amide bonds. The lowest BCUT2D eigenvalue weighted by atomic mass is 9.77. The first-order chi connectivity index (χ1) is 14.5. The summed E-state index contributed by atoms with van der Waals surface area (Å²) in [6.07, 6.45) is 0. The molecular weight excluding hydrogens is 416 g/mol. The van der Waals surface area contributed by atoms with Crippen LogP contribution < -0.4 is 10.0 Å². The highest BCUT2D eigenvalue weighted by Crippen LogP contribution is 2.41. The van der Waals surface area contributed by atoms with Gasteiger partial charge in [-0.2, -0.15) is 0 Å². The zero-order chi connectivity index (χ0) is 22.9. The number of carboxylic acids is 1. The Morgan fingerprint density at radius 2 is 1.65 bits per heavy atom. The van der Waals surface area contributed by atoms with Gasteiger partial charge >= 0.3 is 5.97 Å². The largest absolute Gasteiger partial charge is 0.478 e. The summed E-state index contributed by atoms with van der Waals surface area (Å²) >= 11 is 0. The van der Waals surface area contributed by atoms with Gasteiger partial charge in [0.05, 0.1) is 5.57 Å². The molecule has 1 aliphatic rings. The lowest BCUT2D eigenvalue weighted by molar-refractivity contribution is -0.133. The van der Waals surface area contributed by atoms with Crippen LogP contribution in [-0.4, -0.2) is 37.1 Å². The Bertz CT molecular complexity index is 1220. The first-order valence-corrected chi connectivity index (χ1v) is 11.6. The van der Waals surface area contributed by atoms with Crippen LogP contribution in [0.3, 0.4) is 0 Å². The van der Waals surface area contributed by atoms with E-state index in [-0.39, 0.29) is 17.2 Å². The maximum absolute atomic E-state index is 13.3. The summed E-state index contributed by atoms with van der Waals surface area (Å²) in [5, 5.41) is 14.7. The lowest BCUT2D eigenvalue weighted by Gasteiger charge is -2.31. The molecule has 3 N–H and O–H groups in total. The Morgan fingerprint density at radius 1 is 1.03 bits per heavy atom. The minimum Gasteiger partial charge on any atom is -0.478 e. The van der Waals surface area contributed by atoms with Crippen LogP contribution in [0.1, 0.15) is 39.2 Å². The van der Waals surface area contributed by atoms with Crippen molar-refractivity contribution in [1.82, 2.24) is 10.0 Å². The third-order valence-electron chi connectivity index (χ3n) is 5.16. The Labute approximate surface area is 181 Å². The van der Waals surface area contributed by atoms with E-state index < -0.39 is 33.4 Å². The second-order valence-electron chi connectivity index (χ2n) is 7.96. The average molecular weight is 443 g/mol. The fourth-order valence-corrected chi connectivity index (χ4v) is 5.41. The van der Waals surface area contributed by atoms with Gasteiger partial charge in [-0.25, -0.2) is 17.9 Å². The molecule has 0 bridgehead atoms. The van der Waals surface area contributed by atoms with Crippen molar-refractivity contribution < 1.29 is 23.1 Å². The lowest BCUT2D eigenvalue weighted by Crippen LogP contribution is -2.38. The summed E-state index contributed by atoms with van der Waals surface area (Å²) < 4.78 is 27.3. The van der Waals surface area contributed by atoms with Crippen molar-refractivity contribution in [2.75, 3.05) is 5.75 Å². The Balaban J connectivity index is 2.20. The first-order valence-electron chi connectivity index (χ1n) is 9.94. The van der Waals surface area contributed by atoms with Crippen LogP contribution in [0, 0.1) is 0 Å². The molecule has 8 heteroatoms. The molecule has 1 heterocycles. The molecule has 0 fully saturated rings. The summed E-state index contributed by atoms with van der Waals surface area (Å²) in [5.41, 5.74) is 1.69. The van der Waals surface area contributed by atoms with E-state index in [4.69, 9.17) is 0 Å². The fraction of sp³-hybridized carbons (Fsp3) is 0.304. The van der Waals surface area contributed by atoms with E-state index in [9.17, 15) is 23.1 Å². The van der Waals surface area contributed by atoms with Crippen molar-refractivity contribution in [3.05, 3.63) is 70.6 Å². The van der Waals surface area contributed by atoms with E-state index in [0.717, 1.165) is 10.8 Å². The summed E-state index contributed by atoms with van der Waals surface area (Å²) in [5.74, 6) is -3.45. The number of sulfonamides is 1. The van der Waals surface area contributed by atoms with E-state index in [1.807, 2.05) is 36.4 Å². The van der Waals surface area contributed by atoms with Crippen molar-refractivity contribution >= 4 is 32.5 Å². The molecule has 0 saturated heterocycles. The third-order valence-corrected chi connectivity index (χ3v) is 6.63. The van der Waals surface area contributed by atoms with Gasteiger partial charge in [-0.05, 0) is 44.0 Å². The molecule has 1 unspecified atom stereocenters. The second-order valence-corrected chi connectivity index (χ2v) is 9.72. The zero-order valence-electron chi connectivity index (χ0n) is 17.9. The standard InChI is InChI=1S/C23H26N2O5S/c1-13(2)25-31(29,30)12-19(26)20-14(3)24-15(4)21(23(27)28)22(20)18-11-7-9-16-8-5-6-10-17(16)18/h5-11,13,22,24-25H,12H2,1-4H3,(H,27,28). The minimum absolute atomic E-state index is 0.0273. The molecule has 3 rings (SSSR count). The number of rotatable bonds is 7. The van der Waals surface area contributed by atoms with Crippen LogP contribution in [0.25, 0.3) is 10.8 Å². The van der Waals surface area contributed by atoms with Crippen LogP contribution in [0.5, 0.6) is 0 Å². The summed E-state index contributed by atoms with van der Waals surface area (Å²) in [6, 6.07) is 12.7. The third kappa shape index (κ3) is 4.70. The van der Waals surface area contributed by atoms with E-state index in [1.165, 1.54) is 0 Å². The maximum Gasteiger partial charge on any atom is 0.334 e. The van der Waals surface area contributed by atoms with Gasteiger partial charge in [0.15, 0.2) is 5.78 Å². The fourth-order valence-electron chi connectivity index (χ4n) is 4.11. The number of ketones is 1. The van der Waals surface area contributed by atoms with Gasteiger partial charge in [-0.15, -0.1) is 0 Å². The average Bonchev–Trinajstić information content (AvgIpc) is 2.64. The Hall–Kier alpha value is -2.97. The number of hydrogen-bond acceptors (Lipinski definition) is 5. The van der Waals surface area contributed by atoms with Gasteiger partial charge < -0.3 is 10.4 Å². The van der Waals surface area contributed by atoms with Gasteiger partial charge in [0.1, 0.15) is 5.75 Å². The number of Topliss-reactive ketones (excluding diaryl/α,β-unsaturated/α-hetero) is 1. The van der Waals surface area contributed by atoms with E-state index in [0.29, 0.717) is 17.0 Å². The van der Waals surface area contributed by atoms with Crippen LogP contribution in [0.2, 0.25) is 0 Å². The normalized spacial score (nSPS) is 17.3. The molecule has 1 atom stereocenters. The minimum atomic E-state index is -3.88. The number of benzene rings is 2. The topological polar surface area (TPSA) is 113 Å². The van der Waals surface area contributed by atoms with Crippen LogP contribution >= 0.6 is 0 Å². The van der Waals surface area contributed by atoms with E-state index in [2.05, 4.69) is 10.0 Å². The highest BCUT2D eigenvalue weighted by molar-refractivity contribution is 7.90. The molecule has 1 aliphatic heterocycles. The molecule has 0 aliphatic carbocycles. The number of allylic oxidation sites excluding steroid dienone is 3. The van der Waals surface area contributed by atoms with Crippen molar-refractivity contribution in [1.29, 1.82) is 0 Å². The predicted octanol–water partition coefficient (Wildman–Crippen LogP) is 3.06. The number of carboxylic acid groups (broad SMARTS) is 1. The van der Waals surface area contributed by atoms with Gasteiger partial charge in [0.2, 0.25) is 10.0 Å². The predicted molar refractivity (Wildman–Crippen MR) is 120 cm³/mol. The molecular formula is C23H26N2O5S. The molecule has 0 aromatic heterocycles. The number of aliphatic carboxylic acids is 1. The molecule has 7 nitrogen and oxygen atoms in total. The van der Waals surface area contributed by atoms with Gasteiger partial charge in [-0.3, -0.25) is 4.79 Å². The van der Waals surface area contributed by atoms with Gasteiger partial charge in [-0.1, -0.05) is 42.5 Å². The van der Waals surface area contributed by atoms with Crippen LogP contribution in [0.4, 0.5) is 0 Å². The molecule has 2 aromatic rings. The molecule has 0 spiro atoms. The monoisotopic (exact) mass is 442 g/mol. The van der Waals surface area contributed by atoms with Crippen molar-refractivity contribution in [3.8, 4) is 0 Å². The second kappa shape index (κ2) is 8.64. The smallest absolute Gasteiger partial charge is 0.334 e. The molecule has 0 saturated carbocycles. The van der Waals surface area contributed by atoms with Crippen molar-refractivity contribution in [2.45, 2.75) is 39.7 Å². The highest BCUT2D eigenvalue weighted by atomic mass is 32.2. The molecule has 164 valence electrons. The molecule has 2 aromatic carbocycles. The Morgan fingerprint density at radius 3 is 2.29 bits per heavy atom. The first kappa shape index (κ1) is 22.7. The number of fused-ring (bicyclic) bond motifs is 1. The van der Waals surface area contributed by atoms with Crippen LogP contribution in [0.15, 0.2) is 65.0 Å². The van der Waals surface area contributed by atoms with Crippen LogP contribution in [-0.2, 0) is 19.6 Å². The number of hydrogen-bond donors (Lipinski definition) is 3. The number of nitrogens with one attached hydrogen (secondary N) is 2. The van der Waals surface area contributed by atoms with E-state index >= 15 is 0 Å². The number of dihydropyridines is 1. The zero-order valence-corrected chi connectivity index (χ0v) is 18.7.